The van der Waals surface area contributed by atoms with Gasteiger partial charge in [0.15, 0.2) is 0 Å². The van der Waals surface area contributed by atoms with Gasteiger partial charge < -0.3 is 5.73 Å². The van der Waals surface area contributed by atoms with Crippen molar-refractivity contribution in [3.05, 3.63) is 0 Å². The predicted molar refractivity (Wildman–Crippen MR) is 67.0 cm³/mol. The van der Waals surface area contributed by atoms with Crippen molar-refractivity contribution < 1.29 is 0 Å². The summed E-state index contributed by atoms with van der Waals surface area (Å²) in [5.74, 6) is 0.865. The summed E-state index contributed by atoms with van der Waals surface area (Å²) >= 11 is 0. The van der Waals surface area contributed by atoms with Gasteiger partial charge in [0.2, 0.25) is 0 Å². The molecule has 15 heavy (non-hydrogen) atoms. The highest BCUT2D eigenvalue weighted by molar-refractivity contribution is 4.97. The minimum Gasteiger partial charge on any atom is -0.329 e. The van der Waals surface area contributed by atoms with Crippen molar-refractivity contribution >= 4 is 0 Å². The normalized spacial score (nSPS) is 31.4. The first-order valence-electron chi connectivity index (χ1n) is 6.63. The zero-order valence-corrected chi connectivity index (χ0v) is 10.8. The van der Waals surface area contributed by atoms with Crippen LogP contribution in [0.4, 0.5) is 0 Å². The molecule has 1 aliphatic rings. The molecule has 2 nitrogen and oxygen atoms in total. The SMILES string of the molecule is CCCCN(CC)C1(CN)CCC(C)C1. The van der Waals surface area contributed by atoms with Crippen LogP contribution < -0.4 is 5.73 Å². The van der Waals surface area contributed by atoms with Crippen LogP contribution in [0.5, 0.6) is 0 Å². The Balaban J connectivity index is 2.61. The summed E-state index contributed by atoms with van der Waals surface area (Å²) in [5, 5.41) is 0. The molecule has 0 aromatic heterocycles. The lowest BCUT2D eigenvalue weighted by atomic mass is 9.93. The number of hydrogen-bond donors (Lipinski definition) is 1. The van der Waals surface area contributed by atoms with Crippen molar-refractivity contribution in [1.82, 2.24) is 4.90 Å². The number of unbranched alkanes of at least 4 members (excludes halogenated alkanes) is 1. The molecule has 0 heterocycles. The van der Waals surface area contributed by atoms with E-state index in [9.17, 15) is 0 Å². The highest BCUT2D eigenvalue weighted by Crippen LogP contribution is 2.38. The van der Waals surface area contributed by atoms with Crippen LogP contribution in [0.15, 0.2) is 0 Å². The molecule has 0 amide bonds. The third kappa shape index (κ3) is 2.94. The first kappa shape index (κ1) is 13.0. The highest BCUT2D eigenvalue weighted by Gasteiger charge is 2.40. The van der Waals surface area contributed by atoms with Crippen molar-refractivity contribution in [3.8, 4) is 0 Å². The summed E-state index contributed by atoms with van der Waals surface area (Å²) in [6, 6.07) is 0. The van der Waals surface area contributed by atoms with Gasteiger partial charge in [-0.15, -0.1) is 0 Å². The Hall–Kier alpha value is -0.0800. The Bertz CT molecular complexity index is 181. The quantitative estimate of drug-likeness (QED) is 0.733. The molecule has 0 spiro atoms. The van der Waals surface area contributed by atoms with E-state index in [4.69, 9.17) is 5.73 Å². The van der Waals surface area contributed by atoms with Crippen LogP contribution in [-0.2, 0) is 0 Å². The molecule has 2 N–H and O–H groups in total. The fourth-order valence-electron chi connectivity index (χ4n) is 3.05. The van der Waals surface area contributed by atoms with Crippen LogP contribution in [0.3, 0.4) is 0 Å². The first-order chi connectivity index (χ1) is 7.18. The van der Waals surface area contributed by atoms with E-state index < -0.39 is 0 Å². The van der Waals surface area contributed by atoms with Crippen molar-refractivity contribution in [2.24, 2.45) is 11.7 Å². The van der Waals surface area contributed by atoms with Gasteiger partial charge >= 0.3 is 0 Å². The molecule has 0 radical (unpaired) electrons. The van der Waals surface area contributed by atoms with Gasteiger partial charge in [-0.1, -0.05) is 27.2 Å². The maximum atomic E-state index is 6.04. The van der Waals surface area contributed by atoms with Crippen LogP contribution >= 0.6 is 0 Å². The second kappa shape index (κ2) is 5.86. The van der Waals surface area contributed by atoms with Crippen molar-refractivity contribution in [2.75, 3.05) is 19.6 Å². The fraction of sp³-hybridized carbons (Fsp3) is 1.00. The smallest absolute Gasteiger partial charge is 0.0334 e. The minimum atomic E-state index is 0.337. The van der Waals surface area contributed by atoms with Crippen LogP contribution in [-0.4, -0.2) is 30.1 Å². The Morgan fingerprint density at radius 3 is 2.53 bits per heavy atom. The monoisotopic (exact) mass is 212 g/mol. The van der Waals surface area contributed by atoms with Gasteiger partial charge in [-0.05, 0) is 44.7 Å². The average molecular weight is 212 g/mol. The second-order valence-corrected chi connectivity index (χ2v) is 5.21. The summed E-state index contributed by atoms with van der Waals surface area (Å²) in [7, 11) is 0. The van der Waals surface area contributed by atoms with E-state index >= 15 is 0 Å². The van der Waals surface area contributed by atoms with Crippen LogP contribution in [0.25, 0.3) is 0 Å². The van der Waals surface area contributed by atoms with E-state index in [1.165, 1.54) is 38.6 Å². The standard InChI is InChI=1S/C13H28N2/c1-4-6-9-15(5-2)13(11-14)8-7-12(3)10-13/h12H,4-11,14H2,1-3H3. The lowest BCUT2D eigenvalue weighted by molar-refractivity contribution is 0.100. The van der Waals surface area contributed by atoms with Gasteiger partial charge in [0.05, 0.1) is 0 Å². The van der Waals surface area contributed by atoms with Crippen LogP contribution in [0.1, 0.15) is 52.9 Å². The minimum absolute atomic E-state index is 0.337. The topological polar surface area (TPSA) is 29.3 Å². The van der Waals surface area contributed by atoms with E-state index in [1.807, 2.05) is 0 Å². The van der Waals surface area contributed by atoms with Crippen molar-refractivity contribution in [1.29, 1.82) is 0 Å². The van der Waals surface area contributed by atoms with Gasteiger partial charge in [0, 0.05) is 12.1 Å². The number of likely N-dealkylation sites (N-methyl/N-ethyl adjacent to an activating group) is 1. The molecule has 1 saturated carbocycles. The summed E-state index contributed by atoms with van der Waals surface area (Å²) in [6.07, 6.45) is 6.57. The Morgan fingerprint density at radius 1 is 1.40 bits per heavy atom. The number of nitrogens with zero attached hydrogens (tertiary/aromatic N) is 1. The first-order valence-corrected chi connectivity index (χ1v) is 6.63. The van der Waals surface area contributed by atoms with Gasteiger partial charge in [0.1, 0.15) is 0 Å². The predicted octanol–water partition coefficient (Wildman–Crippen LogP) is 2.63. The molecule has 1 rings (SSSR count). The molecule has 2 unspecified atom stereocenters. The van der Waals surface area contributed by atoms with Gasteiger partial charge in [-0.25, -0.2) is 0 Å². The largest absolute Gasteiger partial charge is 0.329 e. The number of rotatable bonds is 6. The van der Waals surface area contributed by atoms with Gasteiger partial charge in [-0.2, -0.15) is 0 Å². The molecule has 0 aromatic carbocycles. The maximum absolute atomic E-state index is 6.04. The lowest BCUT2D eigenvalue weighted by Gasteiger charge is -2.40. The Labute approximate surface area is 95.2 Å². The van der Waals surface area contributed by atoms with E-state index in [0.717, 1.165) is 19.0 Å². The van der Waals surface area contributed by atoms with Crippen molar-refractivity contribution in [2.45, 2.75) is 58.4 Å². The maximum Gasteiger partial charge on any atom is 0.0334 e. The third-order valence-corrected chi connectivity index (χ3v) is 4.05. The molecule has 2 heteroatoms. The molecule has 1 fully saturated rings. The molecule has 90 valence electrons. The van der Waals surface area contributed by atoms with E-state index in [1.54, 1.807) is 0 Å². The van der Waals surface area contributed by atoms with Gasteiger partial charge in [0.25, 0.3) is 0 Å². The van der Waals surface area contributed by atoms with Crippen LogP contribution in [0, 0.1) is 5.92 Å². The van der Waals surface area contributed by atoms with E-state index in [0.29, 0.717) is 5.54 Å². The molecule has 1 aliphatic carbocycles. The molecular weight excluding hydrogens is 184 g/mol. The summed E-state index contributed by atoms with van der Waals surface area (Å²) in [5.41, 5.74) is 6.37. The molecule has 0 aromatic rings. The number of nitrogens with two attached hydrogens (primary N) is 1. The molecular formula is C13H28N2. The van der Waals surface area contributed by atoms with E-state index in [-0.39, 0.29) is 0 Å². The molecule has 0 saturated heterocycles. The van der Waals surface area contributed by atoms with Crippen molar-refractivity contribution in [3.63, 3.8) is 0 Å². The van der Waals surface area contributed by atoms with Crippen LogP contribution in [0.2, 0.25) is 0 Å². The average Bonchev–Trinajstić information content (AvgIpc) is 2.63. The zero-order valence-electron chi connectivity index (χ0n) is 10.8. The lowest BCUT2D eigenvalue weighted by Crippen LogP contribution is -2.52. The van der Waals surface area contributed by atoms with E-state index in [2.05, 4.69) is 25.7 Å². The highest BCUT2D eigenvalue weighted by atomic mass is 15.2. The fourth-order valence-corrected chi connectivity index (χ4v) is 3.05. The Morgan fingerprint density at radius 2 is 2.13 bits per heavy atom. The summed E-state index contributed by atoms with van der Waals surface area (Å²) in [6.45, 7) is 10.1. The zero-order chi connectivity index (χ0) is 11.3. The third-order valence-electron chi connectivity index (χ3n) is 4.05. The summed E-state index contributed by atoms with van der Waals surface area (Å²) < 4.78 is 0. The molecule has 0 bridgehead atoms. The Kier molecular flexibility index (Phi) is 5.07. The molecule has 2 atom stereocenters. The molecule has 0 aliphatic heterocycles. The number of hydrogen-bond acceptors (Lipinski definition) is 2. The second-order valence-electron chi connectivity index (χ2n) is 5.21. The van der Waals surface area contributed by atoms with Gasteiger partial charge in [-0.3, -0.25) is 4.90 Å². The summed E-state index contributed by atoms with van der Waals surface area (Å²) in [4.78, 5) is 2.64.